The standard InChI is InChI=1S/C16H25N3O3S/c1-4-19(5-2)23(21,22)15-8-6-14(7-9-15)16(20)18-11-10-17-13(3)12-18/h6-9,13,17H,4-5,10-12H2,1-3H3. The van der Waals surface area contributed by atoms with Gasteiger partial charge in [-0.1, -0.05) is 13.8 Å². The Morgan fingerprint density at radius 1 is 1.26 bits per heavy atom. The first kappa shape index (κ1) is 17.9. The number of sulfonamides is 1. The Labute approximate surface area is 138 Å². The maximum atomic E-state index is 12.5. The molecule has 1 aliphatic rings. The number of rotatable bonds is 5. The van der Waals surface area contributed by atoms with Crippen LogP contribution >= 0.6 is 0 Å². The molecule has 0 aliphatic carbocycles. The van der Waals surface area contributed by atoms with Crippen LogP contribution in [0.1, 0.15) is 31.1 Å². The van der Waals surface area contributed by atoms with Crippen molar-refractivity contribution in [3.05, 3.63) is 29.8 Å². The molecule has 128 valence electrons. The lowest BCUT2D eigenvalue weighted by atomic mass is 10.1. The van der Waals surface area contributed by atoms with Gasteiger partial charge >= 0.3 is 0 Å². The second-order valence-electron chi connectivity index (χ2n) is 5.72. The molecule has 1 atom stereocenters. The van der Waals surface area contributed by atoms with Gasteiger partial charge in [0.05, 0.1) is 4.90 Å². The molecule has 1 heterocycles. The zero-order valence-electron chi connectivity index (χ0n) is 13.9. The minimum absolute atomic E-state index is 0.0508. The maximum absolute atomic E-state index is 12.5. The normalized spacial score (nSPS) is 19.1. The molecule has 1 amide bonds. The highest BCUT2D eigenvalue weighted by molar-refractivity contribution is 7.89. The first-order valence-corrected chi connectivity index (χ1v) is 9.47. The Morgan fingerprint density at radius 2 is 1.87 bits per heavy atom. The van der Waals surface area contributed by atoms with Crippen molar-refractivity contribution in [3.63, 3.8) is 0 Å². The molecule has 1 saturated heterocycles. The van der Waals surface area contributed by atoms with Gasteiger partial charge in [0.25, 0.3) is 5.91 Å². The lowest BCUT2D eigenvalue weighted by Crippen LogP contribution is -2.51. The van der Waals surface area contributed by atoms with Crippen molar-refractivity contribution in [1.29, 1.82) is 0 Å². The van der Waals surface area contributed by atoms with Crippen molar-refractivity contribution < 1.29 is 13.2 Å². The van der Waals surface area contributed by atoms with E-state index in [9.17, 15) is 13.2 Å². The van der Waals surface area contributed by atoms with E-state index >= 15 is 0 Å². The van der Waals surface area contributed by atoms with Crippen molar-refractivity contribution >= 4 is 15.9 Å². The number of benzene rings is 1. The summed E-state index contributed by atoms with van der Waals surface area (Å²) in [5.41, 5.74) is 0.526. The van der Waals surface area contributed by atoms with E-state index in [0.717, 1.165) is 6.54 Å². The molecule has 23 heavy (non-hydrogen) atoms. The zero-order chi connectivity index (χ0) is 17.0. The van der Waals surface area contributed by atoms with E-state index in [1.165, 1.54) is 16.4 Å². The fraction of sp³-hybridized carbons (Fsp3) is 0.562. The lowest BCUT2D eigenvalue weighted by Gasteiger charge is -2.32. The molecule has 0 spiro atoms. The first-order chi connectivity index (χ1) is 10.9. The van der Waals surface area contributed by atoms with E-state index < -0.39 is 10.0 Å². The summed E-state index contributed by atoms with van der Waals surface area (Å²) in [5, 5.41) is 3.29. The molecule has 6 nitrogen and oxygen atoms in total. The van der Waals surface area contributed by atoms with E-state index in [4.69, 9.17) is 0 Å². The Balaban J connectivity index is 2.17. The number of amides is 1. The summed E-state index contributed by atoms with van der Waals surface area (Å²) in [5.74, 6) is -0.0508. The predicted octanol–water partition coefficient (Wildman–Crippen LogP) is 1.15. The summed E-state index contributed by atoms with van der Waals surface area (Å²) in [4.78, 5) is 14.5. The fourth-order valence-electron chi connectivity index (χ4n) is 2.78. The topological polar surface area (TPSA) is 69.7 Å². The van der Waals surface area contributed by atoms with Crippen molar-refractivity contribution in [2.75, 3.05) is 32.7 Å². The van der Waals surface area contributed by atoms with Crippen LogP contribution in [0, 0.1) is 0 Å². The van der Waals surface area contributed by atoms with E-state index in [0.29, 0.717) is 31.7 Å². The summed E-state index contributed by atoms with van der Waals surface area (Å²) < 4.78 is 26.3. The smallest absolute Gasteiger partial charge is 0.253 e. The molecule has 0 aromatic heterocycles. The Bertz CT molecular complexity index is 639. The molecular weight excluding hydrogens is 314 g/mol. The highest BCUT2D eigenvalue weighted by Gasteiger charge is 2.24. The van der Waals surface area contributed by atoms with Crippen LogP contribution in [-0.4, -0.2) is 62.3 Å². The number of piperazine rings is 1. The highest BCUT2D eigenvalue weighted by atomic mass is 32.2. The summed E-state index contributed by atoms with van der Waals surface area (Å²) >= 11 is 0. The average Bonchev–Trinajstić information content (AvgIpc) is 2.55. The third-order valence-electron chi connectivity index (χ3n) is 4.10. The number of nitrogens with one attached hydrogen (secondary N) is 1. The largest absolute Gasteiger partial charge is 0.336 e. The molecule has 1 N–H and O–H groups in total. The first-order valence-electron chi connectivity index (χ1n) is 8.03. The van der Waals surface area contributed by atoms with Crippen molar-refractivity contribution in [3.8, 4) is 0 Å². The second kappa shape index (κ2) is 7.42. The zero-order valence-corrected chi connectivity index (χ0v) is 14.8. The molecule has 1 aliphatic heterocycles. The Kier molecular flexibility index (Phi) is 5.78. The van der Waals surface area contributed by atoms with Gasteiger partial charge in [-0.3, -0.25) is 4.79 Å². The van der Waals surface area contributed by atoms with E-state index in [1.807, 2.05) is 20.8 Å². The minimum Gasteiger partial charge on any atom is -0.336 e. The van der Waals surface area contributed by atoms with E-state index in [1.54, 1.807) is 17.0 Å². The third-order valence-corrected chi connectivity index (χ3v) is 6.16. The molecule has 0 bridgehead atoms. The van der Waals surface area contributed by atoms with Crippen LogP contribution in [0.5, 0.6) is 0 Å². The fourth-order valence-corrected chi connectivity index (χ4v) is 4.24. The Morgan fingerprint density at radius 3 is 2.39 bits per heavy atom. The van der Waals surface area contributed by atoms with Crippen LogP contribution in [-0.2, 0) is 10.0 Å². The van der Waals surface area contributed by atoms with Crippen molar-refractivity contribution in [2.45, 2.75) is 31.7 Å². The second-order valence-corrected chi connectivity index (χ2v) is 7.66. The van der Waals surface area contributed by atoms with Gasteiger partial charge in [-0.15, -0.1) is 0 Å². The third kappa shape index (κ3) is 3.91. The molecule has 1 fully saturated rings. The number of nitrogens with zero attached hydrogens (tertiary/aromatic N) is 2. The predicted molar refractivity (Wildman–Crippen MR) is 89.9 cm³/mol. The monoisotopic (exact) mass is 339 g/mol. The van der Waals surface area contributed by atoms with Gasteiger partial charge in [-0.2, -0.15) is 4.31 Å². The molecule has 1 aromatic carbocycles. The van der Waals surface area contributed by atoms with Gasteiger partial charge in [-0.05, 0) is 31.2 Å². The molecular formula is C16H25N3O3S. The van der Waals surface area contributed by atoms with Gasteiger partial charge in [0.1, 0.15) is 0 Å². The van der Waals surface area contributed by atoms with Gasteiger partial charge in [-0.25, -0.2) is 8.42 Å². The molecule has 0 radical (unpaired) electrons. The Hall–Kier alpha value is -1.44. The van der Waals surface area contributed by atoms with Crippen LogP contribution in [0.15, 0.2) is 29.2 Å². The summed E-state index contributed by atoms with van der Waals surface area (Å²) in [6.45, 7) is 8.63. The quantitative estimate of drug-likeness (QED) is 0.874. The number of hydrogen-bond acceptors (Lipinski definition) is 4. The molecule has 1 aromatic rings. The lowest BCUT2D eigenvalue weighted by molar-refractivity contribution is 0.0709. The summed E-state index contributed by atoms with van der Waals surface area (Å²) in [6.07, 6.45) is 0. The van der Waals surface area contributed by atoms with Crippen LogP contribution in [0.3, 0.4) is 0 Å². The van der Waals surface area contributed by atoms with Gasteiger partial charge in [0, 0.05) is 44.3 Å². The number of carbonyl (C=O) groups excluding carboxylic acids is 1. The van der Waals surface area contributed by atoms with Crippen LogP contribution in [0.2, 0.25) is 0 Å². The highest BCUT2D eigenvalue weighted by Crippen LogP contribution is 2.17. The molecule has 0 saturated carbocycles. The van der Waals surface area contributed by atoms with Gasteiger partial charge < -0.3 is 10.2 Å². The van der Waals surface area contributed by atoms with Gasteiger partial charge in [0.15, 0.2) is 0 Å². The van der Waals surface area contributed by atoms with Crippen molar-refractivity contribution in [1.82, 2.24) is 14.5 Å². The van der Waals surface area contributed by atoms with Crippen LogP contribution in [0.4, 0.5) is 0 Å². The molecule has 2 rings (SSSR count). The maximum Gasteiger partial charge on any atom is 0.253 e. The van der Waals surface area contributed by atoms with E-state index in [-0.39, 0.29) is 16.8 Å². The van der Waals surface area contributed by atoms with Crippen molar-refractivity contribution in [2.24, 2.45) is 0 Å². The number of carbonyl (C=O) groups is 1. The van der Waals surface area contributed by atoms with Gasteiger partial charge in [0.2, 0.25) is 10.0 Å². The van der Waals surface area contributed by atoms with Crippen LogP contribution in [0.25, 0.3) is 0 Å². The summed E-state index contributed by atoms with van der Waals surface area (Å²) in [6, 6.07) is 6.52. The SMILES string of the molecule is CCN(CC)S(=O)(=O)c1ccc(C(=O)N2CCNC(C)C2)cc1. The average molecular weight is 339 g/mol. The summed E-state index contributed by atoms with van der Waals surface area (Å²) in [7, 11) is -3.48. The molecule has 1 unspecified atom stereocenters. The number of hydrogen-bond donors (Lipinski definition) is 1. The minimum atomic E-state index is -3.48. The van der Waals surface area contributed by atoms with Crippen LogP contribution < -0.4 is 5.32 Å². The van der Waals surface area contributed by atoms with E-state index in [2.05, 4.69) is 5.32 Å². The molecule has 7 heteroatoms.